The second-order valence-corrected chi connectivity index (χ2v) is 17.0. The molecule has 0 bridgehead atoms. The fraction of sp³-hybridized carbons (Fsp3) is 0.316. The summed E-state index contributed by atoms with van der Waals surface area (Å²) in [6.07, 6.45) is -0.969. The molecule has 0 unspecified atom stereocenters. The van der Waals surface area contributed by atoms with Gasteiger partial charge < -0.3 is 23.7 Å². The maximum Gasteiger partial charge on any atom is 0.432 e. The monoisotopic (exact) mass is 770 g/mol. The molecule has 0 aliphatic carbocycles. The number of methoxy groups -OCH3 is 2. The number of hydrogen-bond donors (Lipinski definition) is 0. The summed E-state index contributed by atoms with van der Waals surface area (Å²) in [5.74, 6) is 0.939. The van der Waals surface area contributed by atoms with E-state index in [4.69, 9.17) is 35.3 Å². The van der Waals surface area contributed by atoms with Crippen LogP contribution in [0.1, 0.15) is 47.8 Å². The Hall–Kier alpha value is -4.43. The van der Waals surface area contributed by atoms with Crippen molar-refractivity contribution in [2.45, 2.75) is 51.4 Å². The van der Waals surface area contributed by atoms with Gasteiger partial charge >= 0.3 is 6.09 Å². The van der Waals surface area contributed by atoms with Crippen LogP contribution in [0.15, 0.2) is 89.8 Å². The molecule has 0 fully saturated rings. The van der Waals surface area contributed by atoms with Crippen molar-refractivity contribution in [3.63, 3.8) is 0 Å². The van der Waals surface area contributed by atoms with E-state index in [0.717, 1.165) is 21.7 Å². The molecule has 0 spiro atoms. The minimum atomic E-state index is -3.69. The molecule has 4 aromatic rings. The van der Waals surface area contributed by atoms with E-state index in [1.807, 2.05) is 43.3 Å². The molecule has 4 aromatic carbocycles. The van der Waals surface area contributed by atoms with Crippen LogP contribution in [0.25, 0.3) is 0 Å². The number of carbonyl (C=O) groups excluding carboxylic acids is 2. The summed E-state index contributed by atoms with van der Waals surface area (Å²) in [5.41, 5.74) is 1.55. The first-order valence-electron chi connectivity index (χ1n) is 16.2. The SMILES string of the molecule is COc1ccc(COc2ccc(C(=O)N(C(=O)OC(C)(C)C)N(C)CCSS(=O)(=O)c3ccc(C)cc3)c(Cl)c2OCc2ccc(OC)cc2)cc1. The normalized spacial score (nSPS) is 11.6. The maximum atomic E-state index is 14.2. The second-order valence-electron chi connectivity index (χ2n) is 12.6. The Morgan fingerprint density at radius 1 is 0.788 bits per heavy atom. The fourth-order valence-electron chi connectivity index (χ4n) is 4.66. The number of carbonyl (C=O) groups is 2. The van der Waals surface area contributed by atoms with Crippen LogP contribution < -0.4 is 18.9 Å². The summed E-state index contributed by atoms with van der Waals surface area (Å²) < 4.78 is 54.4. The number of benzene rings is 4. The zero-order valence-electron chi connectivity index (χ0n) is 30.2. The number of ether oxygens (including phenoxy) is 5. The Morgan fingerprint density at radius 3 is 1.85 bits per heavy atom. The minimum absolute atomic E-state index is 0.0117. The highest BCUT2D eigenvalue weighted by Crippen LogP contribution is 2.40. The average molecular weight is 771 g/mol. The van der Waals surface area contributed by atoms with E-state index in [0.29, 0.717) is 22.3 Å². The highest BCUT2D eigenvalue weighted by atomic mass is 35.5. The van der Waals surface area contributed by atoms with Crippen molar-refractivity contribution in [2.75, 3.05) is 33.6 Å². The van der Waals surface area contributed by atoms with Crippen LogP contribution in [0, 0.1) is 6.92 Å². The first-order valence-corrected chi connectivity index (χ1v) is 19.6. The van der Waals surface area contributed by atoms with Gasteiger partial charge in [0.2, 0.25) is 8.87 Å². The number of aryl methyl sites for hydroxylation is 1. The second kappa shape index (κ2) is 17.9. The molecule has 2 amide bonds. The van der Waals surface area contributed by atoms with E-state index in [1.54, 1.807) is 77.5 Å². The molecule has 14 heteroatoms. The average Bonchev–Trinajstić information content (AvgIpc) is 3.10. The van der Waals surface area contributed by atoms with E-state index in [2.05, 4.69) is 0 Å². The topological polar surface area (TPSA) is 121 Å². The Morgan fingerprint density at radius 2 is 1.33 bits per heavy atom. The van der Waals surface area contributed by atoms with Crippen molar-refractivity contribution in [1.29, 1.82) is 0 Å². The van der Waals surface area contributed by atoms with Crippen LogP contribution in [0.3, 0.4) is 0 Å². The van der Waals surface area contributed by atoms with Crippen LogP contribution in [-0.4, -0.2) is 69.6 Å². The van der Waals surface area contributed by atoms with E-state index < -0.39 is 26.5 Å². The van der Waals surface area contributed by atoms with Gasteiger partial charge in [0.1, 0.15) is 30.3 Å². The Labute approximate surface area is 314 Å². The van der Waals surface area contributed by atoms with Crippen LogP contribution >= 0.6 is 22.4 Å². The lowest BCUT2D eigenvalue weighted by molar-refractivity contribution is -0.0248. The molecule has 0 saturated carbocycles. The van der Waals surface area contributed by atoms with Gasteiger partial charge in [-0.2, -0.15) is 5.01 Å². The number of hydrazine groups is 1. The van der Waals surface area contributed by atoms with Crippen LogP contribution in [-0.2, 0) is 26.8 Å². The smallest absolute Gasteiger partial charge is 0.432 e. The summed E-state index contributed by atoms with van der Waals surface area (Å²) in [6.45, 7) is 7.10. The van der Waals surface area contributed by atoms with E-state index in [1.165, 1.54) is 18.1 Å². The molecule has 0 heterocycles. The molecule has 0 saturated heterocycles. The number of imide groups is 1. The molecule has 11 nitrogen and oxygen atoms in total. The van der Waals surface area contributed by atoms with Gasteiger partial charge in [-0.3, -0.25) is 4.79 Å². The molecular weight excluding hydrogens is 728 g/mol. The van der Waals surface area contributed by atoms with Gasteiger partial charge in [-0.25, -0.2) is 18.2 Å². The number of amides is 2. The molecular formula is C38H43ClN2O9S2. The van der Waals surface area contributed by atoms with Gasteiger partial charge in [-0.1, -0.05) is 53.6 Å². The van der Waals surface area contributed by atoms with Crippen LogP contribution in [0.4, 0.5) is 4.79 Å². The highest BCUT2D eigenvalue weighted by Gasteiger charge is 2.34. The number of nitrogens with zero attached hydrogens (tertiary/aromatic N) is 2. The Bertz CT molecular complexity index is 1930. The molecule has 0 aliphatic rings. The molecule has 0 aliphatic heterocycles. The zero-order valence-corrected chi connectivity index (χ0v) is 32.6. The molecule has 52 heavy (non-hydrogen) atoms. The van der Waals surface area contributed by atoms with Crippen molar-refractivity contribution in [3.8, 4) is 23.0 Å². The maximum absolute atomic E-state index is 14.2. The third kappa shape index (κ3) is 11.0. The lowest BCUT2D eigenvalue weighted by atomic mass is 10.1. The van der Waals surface area contributed by atoms with Crippen molar-refractivity contribution in [2.24, 2.45) is 0 Å². The van der Waals surface area contributed by atoms with E-state index in [9.17, 15) is 18.0 Å². The molecule has 278 valence electrons. The predicted octanol–water partition coefficient (Wildman–Crippen LogP) is 8.17. The zero-order chi connectivity index (χ0) is 38.1. The lowest BCUT2D eigenvalue weighted by Crippen LogP contribution is -2.50. The van der Waals surface area contributed by atoms with Gasteiger partial charge in [0.25, 0.3) is 5.91 Å². The fourth-order valence-corrected chi connectivity index (χ4v) is 7.74. The molecule has 0 aromatic heterocycles. The minimum Gasteiger partial charge on any atom is -0.497 e. The Balaban J connectivity index is 1.63. The van der Waals surface area contributed by atoms with Crippen LogP contribution in [0.5, 0.6) is 23.0 Å². The summed E-state index contributed by atoms with van der Waals surface area (Å²) in [5, 5.41) is 2.01. The van der Waals surface area contributed by atoms with Gasteiger partial charge in [0.05, 0.1) is 29.7 Å². The van der Waals surface area contributed by atoms with Crippen LogP contribution in [0.2, 0.25) is 5.02 Å². The number of hydrogen-bond acceptors (Lipinski definition) is 11. The van der Waals surface area contributed by atoms with Gasteiger partial charge in [0.15, 0.2) is 11.5 Å². The van der Waals surface area contributed by atoms with Crippen molar-refractivity contribution >= 4 is 43.3 Å². The number of rotatable bonds is 15. The standard InChI is InChI=1S/C38H43ClN2O9S2/c1-26-8-18-31(19-9-26)52(44,45)51-23-22-40(5)41(37(43)50-38(2,3)4)36(42)32-20-21-33(48-24-27-10-14-29(46-6)15-11-27)35(34(32)39)49-25-28-12-16-30(47-7)17-13-28/h8-21H,22-25H2,1-7H3. The number of halogens is 1. The van der Waals surface area contributed by atoms with Gasteiger partial charge in [-0.05, 0) is 98.1 Å². The summed E-state index contributed by atoms with van der Waals surface area (Å²) >= 11 is 6.93. The lowest BCUT2D eigenvalue weighted by Gasteiger charge is -2.32. The summed E-state index contributed by atoms with van der Waals surface area (Å²) in [6, 6.07) is 24.1. The first kappa shape index (κ1) is 40.3. The highest BCUT2D eigenvalue weighted by molar-refractivity contribution is 8.72. The largest absolute Gasteiger partial charge is 0.497 e. The predicted molar refractivity (Wildman–Crippen MR) is 202 cm³/mol. The first-order chi connectivity index (χ1) is 24.6. The van der Waals surface area contributed by atoms with Crippen molar-refractivity contribution in [3.05, 3.63) is 112 Å². The van der Waals surface area contributed by atoms with Gasteiger partial charge in [0, 0.05) is 19.3 Å². The van der Waals surface area contributed by atoms with Crippen molar-refractivity contribution < 1.29 is 41.7 Å². The van der Waals surface area contributed by atoms with Gasteiger partial charge in [-0.15, -0.1) is 0 Å². The molecule has 0 atom stereocenters. The quantitative estimate of drug-likeness (QED) is 0.0860. The third-order valence-corrected chi connectivity index (χ3v) is 11.3. The van der Waals surface area contributed by atoms with E-state index >= 15 is 0 Å². The molecule has 4 rings (SSSR count). The molecule has 0 radical (unpaired) electrons. The summed E-state index contributed by atoms with van der Waals surface area (Å²) in [4.78, 5) is 28.0. The van der Waals surface area contributed by atoms with E-state index in [-0.39, 0.29) is 52.5 Å². The third-order valence-electron chi connectivity index (χ3n) is 7.45. The van der Waals surface area contributed by atoms with Crippen molar-refractivity contribution in [1.82, 2.24) is 10.0 Å². The summed E-state index contributed by atoms with van der Waals surface area (Å²) in [7, 11) is 1.65. The Kier molecular flexibility index (Phi) is 13.9. The molecule has 0 N–H and O–H groups in total.